The Hall–Kier alpha value is -0.610. The lowest BCUT2D eigenvalue weighted by molar-refractivity contribution is -0.123. The second-order valence-corrected chi connectivity index (χ2v) is 4.29. The molecule has 0 spiro atoms. The average Bonchev–Trinajstić information content (AvgIpc) is 2.98. The van der Waals surface area contributed by atoms with Gasteiger partial charge in [-0.15, -0.1) is 0 Å². The Morgan fingerprint density at radius 1 is 1.29 bits per heavy atom. The SMILES string of the molecule is NNC(=O)C1CC1OC1CCCCC1. The maximum atomic E-state index is 11.1. The molecule has 1 amide bonds. The highest BCUT2D eigenvalue weighted by Gasteiger charge is 2.45. The molecule has 2 aliphatic carbocycles. The zero-order valence-corrected chi connectivity index (χ0v) is 8.37. The van der Waals surface area contributed by atoms with Gasteiger partial charge in [-0.1, -0.05) is 19.3 Å². The van der Waals surface area contributed by atoms with Crippen LogP contribution in [0.4, 0.5) is 0 Å². The van der Waals surface area contributed by atoms with Crippen LogP contribution in [-0.4, -0.2) is 18.1 Å². The van der Waals surface area contributed by atoms with E-state index in [4.69, 9.17) is 10.6 Å². The molecule has 0 bridgehead atoms. The summed E-state index contributed by atoms with van der Waals surface area (Å²) in [7, 11) is 0. The molecule has 2 saturated carbocycles. The molecular weight excluding hydrogens is 180 g/mol. The van der Waals surface area contributed by atoms with Gasteiger partial charge in [0.25, 0.3) is 0 Å². The van der Waals surface area contributed by atoms with Gasteiger partial charge in [-0.25, -0.2) is 5.84 Å². The molecule has 2 fully saturated rings. The van der Waals surface area contributed by atoms with Gasteiger partial charge in [0, 0.05) is 0 Å². The van der Waals surface area contributed by atoms with Crippen molar-refractivity contribution in [3.63, 3.8) is 0 Å². The third-order valence-corrected chi connectivity index (χ3v) is 3.13. The van der Waals surface area contributed by atoms with Crippen molar-refractivity contribution in [2.75, 3.05) is 0 Å². The van der Waals surface area contributed by atoms with E-state index in [-0.39, 0.29) is 17.9 Å². The minimum Gasteiger partial charge on any atom is -0.374 e. The van der Waals surface area contributed by atoms with E-state index >= 15 is 0 Å². The van der Waals surface area contributed by atoms with Gasteiger partial charge in [0.2, 0.25) is 5.91 Å². The highest BCUT2D eigenvalue weighted by atomic mass is 16.5. The molecule has 4 heteroatoms. The summed E-state index contributed by atoms with van der Waals surface area (Å²) in [6, 6.07) is 0. The van der Waals surface area contributed by atoms with Crippen LogP contribution in [0.1, 0.15) is 38.5 Å². The number of ether oxygens (including phenoxy) is 1. The van der Waals surface area contributed by atoms with Crippen molar-refractivity contribution in [1.82, 2.24) is 5.43 Å². The van der Waals surface area contributed by atoms with E-state index in [1.807, 2.05) is 0 Å². The Balaban J connectivity index is 1.70. The molecule has 0 aromatic carbocycles. The minimum atomic E-state index is -0.0780. The normalized spacial score (nSPS) is 32.6. The summed E-state index contributed by atoms with van der Waals surface area (Å²) in [5, 5.41) is 0. The number of carbonyl (C=O) groups excluding carboxylic acids is 1. The van der Waals surface area contributed by atoms with Crippen LogP contribution < -0.4 is 11.3 Å². The first-order valence-corrected chi connectivity index (χ1v) is 5.47. The fraction of sp³-hybridized carbons (Fsp3) is 0.900. The molecule has 3 N–H and O–H groups in total. The summed E-state index contributed by atoms with van der Waals surface area (Å²) >= 11 is 0. The average molecular weight is 198 g/mol. The van der Waals surface area contributed by atoms with Crippen LogP contribution in [-0.2, 0) is 9.53 Å². The van der Waals surface area contributed by atoms with Gasteiger partial charge in [-0.3, -0.25) is 10.2 Å². The Morgan fingerprint density at radius 2 is 2.00 bits per heavy atom. The first-order chi connectivity index (χ1) is 6.81. The van der Waals surface area contributed by atoms with Crippen molar-refractivity contribution >= 4 is 5.91 Å². The summed E-state index contributed by atoms with van der Waals surface area (Å²) in [5.74, 6) is 4.99. The molecule has 4 nitrogen and oxygen atoms in total. The smallest absolute Gasteiger partial charge is 0.239 e. The molecule has 0 aromatic rings. The van der Waals surface area contributed by atoms with E-state index in [1.165, 1.54) is 19.3 Å². The van der Waals surface area contributed by atoms with E-state index in [9.17, 15) is 4.79 Å². The van der Waals surface area contributed by atoms with Crippen LogP contribution in [0, 0.1) is 5.92 Å². The van der Waals surface area contributed by atoms with Gasteiger partial charge in [-0.2, -0.15) is 0 Å². The summed E-state index contributed by atoms with van der Waals surface area (Å²) in [6.07, 6.45) is 7.57. The molecular formula is C10H18N2O2. The number of nitrogens with one attached hydrogen (secondary N) is 1. The zero-order chi connectivity index (χ0) is 9.97. The van der Waals surface area contributed by atoms with Crippen LogP contribution in [0.15, 0.2) is 0 Å². The number of hydrogen-bond acceptors (Lipinski definition) is 3. The standard InChI is InChI=1S/C10H18N2O2/c11-12-10(13)8-6-9(8)14-7-4-2-1-3-5-7/h7-9H,1-6,11H2,(H,12,13). The van der Waals surface area contributed by atoms with Crippen LogP contribution in [0.5, 0.6) is 0 Å². The first-order valence-electron chi connectivity index (χ1n) is 5.47. The molecule has 2 aliphatic rings. The Morgan fingerprint density at radius 3 is 2.64 bits per heavy atom. The maximum Gasteiger partial charge on any atom is 0.239 e. The zero-order valence-electron chi connectivity index (χ0n) is 8.37. The summed E-state index contributed by atoms with van der Waals surface area (Å²) in [6.45, 7) is 0. The number of nitrogens with two attached hydrogens (primary N) is 1. The topological polar surface area (TPSA) is 64.3 Å². The molecule has 0 heterocycles. The van der Waals surface area contributed by atoms with Crippen molar-refractivity contribution in [3.8, 4) is 0 Å². The highest BCUT2D eigenvalue weighted by Crippen LogP contribution is 2.36. The number of carbonyl (C=O) groups is 1. The maximum absolute atomic E-state index is 11.1. The number of rotatable bonds is 3. The largest absolute Gasteiger partial charge is 0.374 e. The van der Waals surface area contributed by atoms with E-state index < -0.39 is 0 Å². The number of hydrogen-bond donors (Lipinski definition) is 2. The van der Waals surface area contributed by atoms with Crippen LogP contribution >= 0.6 is 0 Å². The minimum absolute atomic E-state index is 0.0157. The lowest BCUT2D eigenvalue weighted by atomic mass is 9.98. The summed E-state index contributed by atoms with van der Waals surface area (Å²) in [4.78, 5) is 11.1. The molecule has 2 atom stereocenters. The van der Waals surface area contributed by atoms with E-state index in [0.29, 0.717) is 6.10 Å². The Kier molecular flexibility index (Phi) is 3.03. The van der Waals surface area contributed by atoms with Gasteiger partial charge in [0.1, 0.15) is 0 Å². The fourth-order valence-electron chi connectivity index (χ4n) is 2.15. The van der Waals surface area contributed by atoms with Gasteiger partial charge >= 0.3 is 0 Å². The van der Waals surface area contributed by atoms with Crippen LogP contribution in [0.2, 0.25) is 0 Å². The third-order valence-electron chi connectivity index (χ3n) is 3.13. The van der Waals surface area contributed by atoms with Gasteiger partial charge in [-0.05, 0) is 19.3 Å². The van der Waals surface area contributed by atoms with Crippen LogP contribution in [0.25, 0.3) is 0 Å². The van der Waals surface area contributed by atoms with Gasteiger partial charge in [0.15, 0.2) is 0 Å². The molecule has 0 saturated heterocycles. The lowest BCUT2D eigenvalue weighted by Crippen LogP contribution is -2.33. The second-order valence-electron chi connectivity index (χ2n) is 4.29. The van der Waals surface area contributed by atoms with Gasteiger partial charge < -0.3 is 4.74 Å². The molecule has 0 radical (unpaired) electrons. The quantitative estimate of drug-likeness (QED) is 0.399. The molecule has 80 valence electrons. The molecule has 2 unspecified atom stereocenters. The molecule has 14 heavy (non-hydrogen) atoms. The number of amides is 1. The Bertz CT molecular complexity index is 214. The van der Waals surface area contributed by atoms with Crippen molar-refractivity contribution < 1.29 is 9.53 Å². The van der Waals surface area contributed by atoms with Crippen molar-refractivity contribution in [2.45, 2.75) is 50.7 Å². The van der Waals surface area contributed by atoms with Crippen LogP contribution in [0.3, 0.4) is 0 Å². The van der Waals surface area contributed by atoms with Crippen molar-refractivity contribution in [2.24, 2.45) is 11.8 Å². The first kappa shape index (κ1) is 9.93. The second kappa shape index (κ2) is 4.28. The summed E-state index contributed by atoms with van der Waals surface area (Å²) < 4.78 is 5.82. The molecule has 0 aromatic heterocycles. The van der Waals surface area contributed by atoms with Gasteiger partial charge in [0.05, 0.1) is 18.1 Å². The lowest BCUT2D eigenvalue weighted by Gasteiger charge is -2.21. The highest BCUT2D eigenvalue weighted by molar-refractivity contribution is 5.81. The predicted octanol–water partition coefficient (Wildman–Crippen LogP) is 0.714. The number of hydrazine groups is 1. The molecule has 2 rings (SSSR count). The third kappa shape index (κ3) is 2.25. The summed E-state index contributed by atoms with van der Waals surface area (Å²) in [5.41, 5.74) is 2.18. The molecule has 0 aliphatic heterocycles. The van der Waals surface area contributed by atoms with E-state index in [1.54, 1.807) is 0 Å². The predicted molar refractivity (Wildman–Crippen MR) is 52.2 cm³/mol. The van der Waals surface area contributed by atoms with Crippen molar-refractivity contribution in [3.05, 3.63) is 0 Å². The van der Waals surface area contributed by atoms with E-state index in [0.717, 1.165) is 19.3 Å². The Labute approximate surface area is 84.1 Å². The van der Waals surface area contributed by atoms with E-state index in [2.05, 4.69) is 5.43 Å². The monoisotopic (exact) mass is 198 g/mol. The van der Waals surface area contributed by atoms with Crippen molar-refractivity contribution in [1.29, 1.82) is 0 Å². The fourth-order valence-corrected chi connectivity index (χ4v) is 2.15.